The number of likely N-dealkylation sites (tertiary alicyclic amines) is 1. The fraction of sp³-hybridized carbons (Fsp3) is 0.529. The lowest BCUT2D eigenvalue weighted by Crippen LogP contribution is -2.45. The van der Waals surface area contributed by atoms with Crippen LogP contribution in [-0.4, -0.2) is 43.9 Å². The number of sulfone groups is 1. The molecule has 6 nitrogen and oxygen atoms in total. The van der Waals surface area contributed by atoms with Crippen LogP contribution in [0.4, 0.5) is 5.69 Å². The molecule has 1 saturated heterocycles. The standard InChI is InChI=1S/C17H23N3O3S/c1-2-3-13-20-14-9-5-6-10-15(14)24(22,23)16(18-20)17(21)19-11-7-4-8-12-19/h5-6,9-10H,2-4,7-8,11-13H2,1H3. The van der Waals surface area contributed by atoms with Crippen LogP contribution >= 0.6 is 0 Å². The van der Waals surface area contributed by atoms with Crippen molar-refractivity contribution in [2.45, 2.75) is 43.9 Å². The van der Waals surface area contributed by atoms with E-state index in [0.29, 0.717) is 25.3 Å². The summed E-state index contributed by atoms with van der Waals surface area (Å²) in [5.41, 5.74) is 0.557. The van der Waals surface area contributed by atoms with Gasteiger partial charge in [-0.25, -0.2) is 8.42 Å². The van der Waals surface area contributed by atoms with E-state index >= 15 is 0 Å². The van der Waals surface area contributed by atoms with Gasteiger partial charge in [0, 0.05) is 19.6 Å². The van der Waals surface area contributed by atoms with Gasteiger partial charge >= 0.3 is 0 Å². The van der Waals surface area contributed by atoms with Crippen molar-refractivity contribution in [3.8, 4) is 0 Å². The number of anilines is 1. The summed E-state index contributed by atoms with van der Waals surface area (Å²) >= 11 is 0. The zero-order chi connectivity index (χ0) is 17.2. The number of hydrogen-bond donors (Lipinski definition) is 0. The smallest absolute Gasteiger partial charge is 0.286 e. The molecular weight excluding hydrogens is 326 g/mol. The maximum atomic E-state index is 12.9. The van der Waals surface area contributed by atoms with Gasteiger partial charge < -0.3 is 4.90 Å². The summed E-state index contributed by atoms with van der Waals surface area (Å²) in [4.78, 5) is 14.6. The molecule has 1 fully saturated rings. The fourth-order valence-electron chi connectivity index (χ4n) is 3.09. The molecule has 0 atom stereocenters. The Kier molecular flexibility index (Phi) is 4.89. The number of hydrazone groups is 1. The Hall–Kier alpha value is -1.89. The molecule has 0 radical (unpaired) electrons. The number of carbonyl (C=O) groups excluding carboxylic acids is 1. The van der Waals surface area contributed by atoms with Gasteiger partial charge in [-0.15, -0.1) is 0 Å². The van der Waals surface area contributed by atoms with Crippen molar-refractivity contribution in [1.82, 2.24) is 4.90 Å². The van der Waals surface area contributed by atoms with E-state index in [-0.39, 0.29) is 9.94 Å². The largest absolute Gasteiger partial charge is 0.337 e. The van der Waals surface area contributed by atoms with Crippen molar-refractivity contribution in [2.24, 2.45) is 5.10 Å². The third kappa shape index (κ3) is 3.05. The van der Waals surface area contributed by atoms with E-state index in [4.69, 9.17) is 0 Å². The van der Waals surface area contributed by atoms with Gasteiger partial charge in [0.25, 0.3) is 5.91 Å². The zero-order valence-electron chi connectivity index (χ0n) is 13.9. The summed E-state index contributed by atoms with van der Waals surface area (Å²) in [6.07, 6.45) is 4.75. The van der Waals surface area contributed by atoms with Crippen LogP contribution < -0.4 is 5.01 Å². The Labute approximate surface area is 143 Å². The average Bonchev–Trinajstić information content (AvgIpc) is 2.61. The molecule has 0 N–H and O–H groups in total. The minimum absolute atomic E-state index is 0.177. The number of amides is 1. The number of para-hydroxylation sites is 1. The normalized spacial score (nSPS) is 19.6. The van der Waals surface area contributed by atoms with Crippen molar-refractivity contribution in [3.63, 3.8) is 0 Å². The van der Waals surface area contributed by atoms with Gasteiger partial charge in [0.15, 0.2) is 0 Å². The van der Waals surface area contributed by atoms with E-state index in [1.807, 2.05) is 0 Å². The number of nitrogens with zero attached hydrogens (tertiary/aromatic N) is 3. The molecule has 1 aromatic carbocycles. The highest BCUT2D eigenvalue weighted by Gasteiger charge is 2.39. The highest BCUT2D eigenvalue weighted by molar-refractivity contribution is 8.08. The van der Waals surface area contributed by atoms with Crippen molar-refractivity contribution >= 4 is 26.5 Å². The maximum absolute atomic E-state index is 12.9. The lowest BCUT2D eigenvalue weighted by Gasteiger charge is -2.31. The Morgan fingerprint density at radius 3 is 2.58 bits per heavy atom. The molecule has 130 valence electrons. The molecule has 0 aromatic heterocycles. The van der Waals surface area contributed by atoms with Gasteiger partial charge in [-0.05, 0) is 37.8 Å². The van der Waals surface area contributed by atoms with Crippen LogP contribution in [0.25, 0.3) is 0 Å². The number of carbonyl (C=O) groups is 1. The van der Waals surface area contributed by atoms with E-state index in [1.54, 1.807) is 34.2 Å². The molecule has 2 aliphatic rings. The number of rotatable bonds is 4. The zero-order valence-corrected chi connectivity index (χ0v) is 14.8. The third-order valence-electron chi connectivity index (χ3n) is 4.45. The number of unbranched alkanes of at least 4 members (excludes halogenated alkanes) is 1. The van der Waals surface area contributed by atoms with Gasteiger partial charge in [0.1, 0.15) is 0 Å². The minimum Gasteiger partial charge on any atom is -0.337 e. The Morgan fingerprint density at radius 1 is 1.17 bits per heavy atom. The monoisotopic (exact) mass is 349 g/mol. The van der Waals surface area contributed by atoms with Crippen LogP contribution in [0, 0.1) is 0 Å². The summed E-state index contributed by atoms with van der Waals surface area (Å²) in [5.74, 6) is -0.467. The van der Waals surface area contributed by atoms with Gasteiger partial charge in [-0.1, -0.05) is 25.5 Å². The number of hydrogen-bond acceptors (Lipinski definition) is 5. The Morgan fingerprint density at radius 2 is 1.88 bits per heavy atom. The molecule has 1 amide bonds. The van der Waals surface area contributed by atoms with E-state index in [1.165, 1.54) is 0 Å². The van der Waals surface area contributed by atoms with E-state index in [2.05, 4.69) is 12.0 Å². The van der Waals surface area contributed by atoms with E-state index in [9.17, 15) is 13.2 Å². The van der Waals surface area contributed by atoms with Crippen LogP contribution in [0.15, 0.2) is 34.3 Å². The summed E-state index contributed by atoms with van der Waals surface area (Å²) in [6, 6.07) is 6.78. The fourth-order valence-corrected chi connectivity index (χ4v) is 4.57. The van der Waals surface area contributed by atoms with Gasteiger partial charge in [0.05, 0.1) is 10.6 Å². The first-order valence-electron chi connectivity index (χ1n) is 8.55. The van der Waals surface area contributed by atoms with Crippen LogP contribution in [0.1, 0.15) is 39.0 Å². The SMILES string of the molecule is CCCCN1N=C(C(=O)N2CCCCC2)S(=O)(=O)c2ccccc21. The number of benzene rings is 1. The minimum atomic E-state index is -3.87. The highest BCUT2D eigenvalue weighted by atomic mass is 32.2. The third-order valence-corrected chi connectivity index (χ3v) is 6.14. The molecule has 0 bridgehead atoms. The van der Waals surface area contributed by atoms with Crippen LogP contribution in [0.3, 0.4) is 0 Å². The maximum Gasteiger partial charge on any atom is 0.286 e. The molecule has 24 heavy (non-hydrogen) atoms. The van der Waals surface area contributed by atoms with Gasteiger partial charge in [-0.3, -0.25) is 9.80 Å². The first kappa shape index (κ1) is 17.0. The molecule has 0 saturated carbocycles. The molecule has 2 heterocycles. The first-order valence-corrected chi connectivity index (χ1v) is 10.0. The molecule has 1 aromatic rings. The lowest BCUT2D eigenvalue weighted by molar-refractivity contribution is -0.124. The molecule has 7 heteroatoms. The molecule has 3 rings (SSSR count). The van der Waals surface area contributed by atoms with E-state index in [0.717, 1.165) is 32.1 Å². The van der Waals surface area contributed by atoms with Gasteiger partial charge in [0.2, 0.25) is 14.9 Å². The average molecular weight is 349 g/mol. The second kappa shape index (κ2) is 6.93. The molecule has 0 aliphatic carbocycles. The Bertz CT molecular complexity index is 752. The van der Waals surface area contributed by atoms with Crippen LogP contribution in [0.2, 0.25) is 0 Å². The van der Waals surface area contributed by atoms with Crippen molar-refractivity contribution in [1.29, 1.82) is 0 Å². The number of fused-ring (bicyclic) bond motifs is 1. The molecule has 0 spiro atoms. The highest BCUT2D eigenvalue weighted by Crippen LogP contribution is 2.32. The van der Waals surface area contributed by atoms with Gasteiger partial charge in [-0.2, -0.15) is 5.10 Å². The van der Waals surface area contributed by atoms with Crippen LogP contribution in [0.5, 0.6) is 0 Å². The summed E-state index contributed by atoms with van der Waals surface area (Å²) in [6.45, 7) is 3.86. The van der Waals surface area contributed by atoms with Crippen LogP contribution in [-0.2, 0) is 14.6 Å². The predicted octanol–water partition coefficient (Wildman–Crippen LogP) is 2.41. The second-order valence-electron chi connectivity index (χ2n) is 6.21. The summed E-state index contributed by atoms with van der Waals surface area (Å²) < 4.78 is 25.8. The quantitative estimate of drug-likeness (QED) is 0.837. The van der Waals surface area contributed by atoms with Crippen molar-refractivity contribution in [2.75, 3.05) is 24.6 Å². The summed E-state index contributed by atoms with van der Waals surface area (Å²) in [5, 5.41) is 5.59. The van der Waals surface area contributed by atoms with E-state index < -0.39 is 15.7 Å². The predicted molar refractivity (Wildman–Crippen MR) is 93.7 cm³/mol. The second-order valence-corrected chi connectivity index (χ2v) is 8.04. The first-order chi connectivity index (χ1) is 11.6. The lowest BCUT2D eigenvalue weighted by atomic mass is 10.1. The number of piperidine rings is 1. The summed E-state index contributed by atoms with van der Waals surface area (Å²) in [7, 11) is -3.87. The molecular formula is C17H23N3O3S. The molecule has 2 aliphatic heterocycles. The van der Waals surface area contributed by atoms with Crippen molar-refractivity contribution in [3.05, 3.63) is 24.3 Å². The molecule has 0 unspecified atom stereocenters. The topological polar surface area (TPSA) is 70.1 Å². The Balaban J connectivity index is 2.00. The van der Waals surface area contributed by atoms with Crippen molar-refractivity contribution < 1.29 is 13.2 Å².